The van der Waals surface area contributed by atoms with Crippen LogP contribution >= 0.6 is 0 Å². The first-order valence-electron chi connectivity index (χ1n) is 12.5. The average molecular weight is 483 g/mol. The zero-order chi connectivity index (χ0) is 24.9. The van der Waals surface area contributed by atoms with Gasteiger partial charge < -0.3 is 20.3 Å². The molecule has 0 bridgehead atoms. The van der Waals surface area contributed by atoms with Crippen LogP contribution in [0.5, 0.6) is 0 Å². The van der Waals surface area contributed by atoms with Crippen molar-refractivity contribution in [3.05, 3.63) is 35.4 Å². The summed E-state index contributed by atoms with van der Waals surface area (Å²) < 4.78 is 38.8. The van der Waals surface area contributed by atoms with Crippen molar-refractivity contribution in [3.63, 3.8) is 0 Å². The van der Waals surface area contributed by atoms with Gasteiger partial charge in [0.05, 0.1) is 31.4 Å². The van der Waals surface area contributed by atoms with Gasteiger partial charge in [-0.15, -0.1) is 0 Å². The Hall–Kier alpha value is -1.77. The second-order valence-electron chi connectivity index (χ2n) is 10.9. The maximum absolute atomic E-state index is 13.6. The standard InChI is InChI=1S/C26H40F2N2O4/c1-26(2,3)34-25(32)30-15-21(10-9-17-7-5-4-6-8-17)33-16-23(30)24(31)22(29)13-18-11-19(27)14-20(28)12-18/h11-12,14,17,21-24,31H,4-10,13,15-16,29H2,1-3H3. The van der Waals surface area contributed by atoms with Crippen molar-refractivity contribution in [2.24, 2.45) is 11.7 Å². The van der Waals surface area contributed by atoms with E-state index in [-0.39, 0.29) is 19.1 Å². The predicted octanol–water partition coefficient (Wildman–Crippen LogP) is 4.56. The van der Waals surface area contributed by atoms with Gasteiger partial charge in [0.1, 0.15) is 17.2 Å². The molecule has 6 nitrogen and oxygen atoms in total. The smallest absolute Gasteiger partial charge is 0.410 e. The summed E-state index contributed by atoms with van der Waals surface area (Å²) in [5, 5.41) is 11.0. The number of aliphatic hydroxyl groups excluding tert-OH is 1. The predicted molar refractivity (Wildman–Crippen MR) is 126 cm³/mol. The lowest BCUT2D eigenvalue weighted by atomic mass is 9.85. The molecule has 192 valence electrons. The van der Waals surface area contributed by atoms with Gasteiger partial charge in [0.2, 0.25) is 0 Å². The highest BCUT2D eigenvalue weighted by Crippen LogP contribution is 2.30. The number of amides is 1. The van der Waals surface area contributed by atoms with Gasteiger partial charge in [0, 0.05) is 12.1 Å². The maximum atomic E-state index is 13.6. The number of nitrogens with zero attached hydrogens (tertiary/aromatic N) is 1. The minimum atomic E-state index is -1.15. The molecule has 34 heavy (non-hydrogen) atoms. The van der Waals surface area contributed by atoms with E-state index in [1.165, 1.54) is 49.1 Å². The van der Waals surface area contributed by atoms with Gasteiger partial charge in [0.15, 0.2) is 0 Å². The summed E-state index contributed by atoms with van der Waals surface area (Å²) in [5.41, 5.74) is 5.88. The van der Waals surface area contributed by atoms with Crippen molar-refractivity contribution < 1.29 is 28.2 Å². The van der Waals surface area contributed by atoms with E-state index in [1.807, 2.05) is 0 Å². The van der Waals surface area contributed by atoms with Crippen molar-refractivity contribution >= 4 is 6.09 Å². The van der Waals surface area contributed by atoms with Crippen LogP contribution < -0.4 is 5.73 Å². The maximum Gasteiger partial charge on any atom is 0.410 e. The molecule has 3 rings (SSSR count). The van der Waals surface area contributed by atoms with E-state index in [1.54, 1.807) is 20.8 Å². The van der Waals surface area contributed by atoms with Gasteiger partial charge in [-0.3, -0.25) is 4.90 Å². The molecule has 1 aromatic carbocycles. The van der Waals surface area contributed by atoms with E-state index in [9.17, 15) is 18.7 Å². The van der Waals surface area contributed by atoms with Crippen molar-refractivity contribution in [1.29, 1.82) is 0 Å². The Bertz CT molecular complexity index is 790. The molecule has 3 N–H and O–H groups in total. The summed E-state index contributed by atoms with van der Waals surface area (Å²) in [6, 6.07) is 1.62. The molecule has 1 aliphatic heterocycles. The third-order valence-corrected chi connectivity index (χ3v) is 6.78. The summed E-state index contributed by atoms with van der Waals surface area (Å²) >= 11 is 0. The molecule has 4 unspecified atom stereocenters. The van der Waals surface area contributed by atoms with Crippen LogP contribution in [0.25, 0.3) is 0 Å². The van der Waals surface area contributed by atoms with E-state index >= 15 is 0 Å². The summed E-state index contributed by atoms with van der Waals surface area (Å²) in [5.74, 6) is -0.696. The van der Waals surface area contributed by atoms with Crippen LogP contribution in [0.4, 0.5) is 13.6 Å². The van der Waals surface area contributed by atoms with Gasteiger partial charge in [-0.2, -0.15) is 0 Å². The summed E-state index contributed by atoms with van der Waals surface area (Å²) in [6.45, 7) is 5.82. The van der Waals surface area contributed by atoms with Crippen molar-refractivity contribution in [2.45, 2.75) is 102 Å². The Balaban J connectivity index is 1.67. The van der Waals surface area contributed by atoms with Gasteiger partial charge >= 0.3 is 6.09 Å². The van der Waals surface area contributed by atoms with Crippen molar-refractivity contribution in [1.82, 2.24) is 4.90 Å². The lowest BCUT2D eigenvalue weighted by Gasteiger charge is -2.43. The van der Waals surface area contributed by atoms with Gasteiger partial charge in [-0.1, -0.05) is 32.1 Å². The Morgan fingerprint density at radius 1 is 1.18 bits per heavy atom. The van der Waals surface area contributed by atoms with E-state index in [0.717, 1.165) is 18.9 Å². The highest BCUT2D eigenvalue weighted by molar-refractivity contribution is 5.69. The minimum absolute atomic E-state index is 0.0552. The fraction of sp³-hybridized carbons (Fsp3) is 0.731. The largest absolute Gasteiger partial charge is 0.444 e. The van der Waals surface area contributed by atoms with Gasteiger partial charge in [-0.25, -0.2) is 13.6 Å². The van der Waals surface area contributed by atoms with Crippen LogP contribution in [0.2, 0.25) is 0 Å². The second kappa shape index (κ2) is 11.8. The number of hydrogen-bond donors (Lipinski definition) is 2. The second-order valence-corrected chi connectivity index (χ2v) is 10.9. The number of carbonyl (C=O) groups is 1. The molecule has 2 fully saturated rings. The first-order chi connectivity index (χ1) is 16.0. The van der Waals surface area contributed by atoms with Crippen LogP contribution in [-0.4, -0.2) is 59.1 Å². The number of benzene rings is 1. The van der Waals surface area contributed by atoms with Crippen LogP contribution in [0.3, 0.4) is 0 Å². The number of halogens is 2. The summed E-state index contributed by atoms with van der Waals surface area (Å²) in [7, 11) is 0. The van der Waals surface area contributed by atoms with Gasteiger partial charge in [-0.05, 0) is 63.6 Å². The monoisotopic (exact) mass is 482 g/mol. The molecule has 1 saturated carbocycles. The van der Waals surface area contributed by atoms with Crippen molar-refractivity contribution in [3.8, 4) is 0 Å². The highest BCUT2D eigenvalue weighted by Gasteiger charge is 2.40. The lowest BCUT2D eigenvalue weighted by Crippen LogP contribution is -2.61. The molecule has 2 aliphatic rings. The SMILES string of the molecule is CC(C)(C)OC(=O)N1CC(CCC2CCCCC2)OCC1C(O)C(N)Cc1cc(F)cc(F)c1. The fourth-order valence-electron chi connectivity index (χ4n) is 5.02. The topological polar surface area (TPSA) is 85.0 Å². The first-order valence-corrected chi connectivity index (χ1v) is 12.5. The molecule has 0 radical (unpaired) electrons. The number of aliphatic hydroxyl groups is 1. The number of morpholine rings is 1. The minimum Gasteiger partial charge on any atom is -0.444 e. The van der Waals surface area contributed by atoms with E-state index < -0.39 is 41.5 Å². The molecule has 4 atom stereocenters. The molecule has 1 heterocycles. The van der Waals surface area contributed by atoms with E-state index in [0.29, 0.717) is 18.0 Å². The number of nitrogens with two attached hydrogens (primary N) is 1. The zero-order valence-corrected chi connectivity index (χ0v) is 20.6. The fourth-order valence-corrected chi connectivity index (χ4v) is 5.02. The van der Waals surface area contributed by atoms with Crippen LogP contribution in [0.1, 0.15) is 71.3 Å². The Morgan fingerprint density at radius 2 is 1.82 bits per heavy atom. The number of hydrogen-bond acceptors (Lipinski definition) is 5. The van der Waals surface area contributed by atoms with Crippen LogP contribution in [0.15, 0.2) is 18.2 Å². The lowest BCUT2D eigenvalue weighted by molar-refractivity contribution is -0.105. The molecule has 1 amide bonds. The molecule has 0 aromatic heterocycles. The van der Waals surface area contributed by atoms with E-state index in [2.05, 4.69) is 0 Å². The normalized spacial score (nSPS) is 24.0. The highest BCUT2D eigenvalue weighted by atomic mass is 19.1. The van der Waals surface area contributed by atoms with Gasteiger partial charge in [0.25, 0.3) is 0 Å². The summed E-state index contributed by atoms with van der Waals surface area (Å²) in [4.78, 5) is 14.6. The van der Waals surface area contributed by atoms with E-state index in [4.69, 9.17) is 15.2 Å². The summed E-state index contributed by atoms with van der Waals surface area (Å²) in [6.07, 6.45) is 6.52. The average Bonchev–Trinajstić information content (AvgIpc) is 2.76. The molecule has 1 saturated heterocycles. The Labute approximate surface area is 201 Å². The quantitative estimate of drug-likeness (QED) is 0.595. The molecular weight excluding hydrogens is 442 g/mol. The van der Waals surface area contributed by atoms with Crippen LogP contribution in [0, 0.1) is 17.6 Å². The number of rotatable bonds is 7. The first kappa shape index (κ1) is 26.8. The van der Waals surface area contributed by atoms with Crippen LogP contribution in [-0.2, 0) is 15.9 Å². The number of ether oxygens (including phenoxy) is 2. The Morgan fingerprint density at radius 3 is 2.44 bits per heavy atom. The molecule has 8 heteroatoms. The Kier molecular flexibility index (Phi) is 9.29. The third kappa shape index (κ3) is 7.89. The molecular formula is C26H40F2N2O4. The van der Waals surface area contributed by atoms with Crippen molar-refractivity contribution in [2.75, 3.05) is 13.2 Å². The number of carbonyl (C=O) groups excluding carboxylic acids is 1. The third-order valence-electron chi connectivity index (χ3n) is 6.78. The molecule has 1 aromatic rings. The molecule has 1 aliphatic carbocycles. The molecule has 0 spiro atoms. The zero-order valence-electron chi connectivity index (χ0n) is 20.6.